The molecule has 0 unspecified atom stereocenters. The summed E-state index contributed by atoms with van der Waals surface area (Å²) in [6, 6.07) is 3.60. The van der Waals surface area contributed by atoms with Crippen molar-refractivity contribution in [2.24, 2.45) is 0 Å². The second-order valence-electron chi connectivity index (χ2n) is 7.14. The van der Waals surface area contributed by atoms with Crippen LogP contribution in [0.1, 0.15) is 34.7 Å². The minimum absolute atomic E-state index is 0.0744. The predicted octanol–water partition coefficient (Wildman–Crippen LogP) is 6.26. The van der Waals surface area contributed by atoms with E-state index in [0.717, 1.165) is 11.4 Å². The van der Waals surface area contributed by atoms with Crippen LogP contribution in [0.2, 0.25) is 0 Å². The Kier molecular flexibility index (Phi) is 4.17. The standard InChI is InChI=1S/C22H24N4/c1-12-13(2)15(4)21(16(5)14(12)3)26-17(6)25(9)20-11-18(23-7)10-19(24-8)22(20)26/h10-11,17H,1-6,9H3/t17-/m0/s1. The maximum Gasteiger partial charge on any atom is 0.202 e. The van der Waals surface area contributed by atoms with Crippen molar-refractivity contribution < 1.29 is 0 Å². The average molecular weight is 344 g/mol. The van der Waals surface area contributed by atoms with E-state index in [1.807, 2.05) is 13.1 Å². The topological polar surface area (TPSA) is 15.2 Å². The van der Waals surface area contributed by atoms with E-state index >= 15 is 0 Å². The number of fused-ring (bicyclic) bond motifs is 1. The van der Waals surface area contributed by atoms with Gasteiger partial charge in [0.15, 0.2) is 5.69 Å². The summed E-state index contributed by atoms with van der Waals surface area (Å²) in [6.45, 7) is 28.0. The van der Waals surface area contributed by atoms with Gasteiger partial charge in [0, 0.05) is 18.4 Å². The molecule has 0 N–H and O–H groups in total. The summed E-state index contributed by atoms with van der Waals surface area (Å²) in [5.41, 5.74) is 10.5. The molecule has 1 aliphatic rings. The van der Waals surface area contributed by atoms with Crippen LogP contribution in [0.4, 0.5) is 28.4 Å². The Bertz CT molecular complexity index is 976. The summed E-state index contributed by atoms with van der Waals surface area (Å²) in [6.07, 6.45) is 0.0744. The van der Waals surface area contributed by atoms with Gasteiger partial charge in [-0.2, -0.15) is 0 Å². The zero-order chi connectivity index (χ0) is 19.3. The van der Waals surface area contributed by atoms with E-state index in [1.54, 1.807) is 6.07 Å². The van der Waals surface area contributed by atoms with E-state index in [4.69, 9.17) is 13.1 Å². The summed E-state index contributed by atoms with van der Waals surface area (Å²) < 4.78 is 0. The number of nitrogens with zero attached hydrogens (tertiary/aromatic N) is 4. The highest BCUT2D eigenvalue weighted by Gasteiger charge is 2.36. The van der Waals surface area contributed by atoms with Gasteiger partial charge in [-0.25, -0.2) is 9.69 Å². The van der Waals surface area contributed by atoms with E-state index in [-0.39, 0.29) is 6.17 Å². The van der Waals surface area contributed by atoms with Crippen LogP contribution in [-0.4, -0.2) is 13.2 Å². The zero-order valence-corrected chi connectivity index (χ0v) is 16.5. The van der Waals surface area contributed by atoms with Crippen LogP contribution in [0.3, 0.4) is 0 Å². The summed E-state index contributed by atoms with van der Waals surface area (Å²) in [5.74, 6) is 0. The van der Waals surface area contributed by atoms with E-state index in [2.05, 4.69) is 61.0 Å². The normalized spacial score (nSPS) is 15.7. The molecule has 1 aliphatic heterocycles. The molecular weight excluding hydrogens is 320 g/mol. The molecule has 0 radical (unpaired) electrons. The Morgan fingerprint density at radius 1 is 0.808 bits per heavy atom. The van der Waals surface area contributed by atoms with Gasteiger partial charge in [-0.05, 0) is 81.5 Å². The second kappa shape index (κ2) is 6.07. The number of hydrogen-bond acceptors (Lipinski definition) is 2. The van der Waals surface area contributed by atoms with E-state index in [0.29, 0.717) is 11.4 Å². The maximum absolute atomic E-state index is 7.67. The first kappa shape index (κ1) is 17.8. The molecule has 0 bridgehead atoms. The Balaban J connectivity index is 2.39. The fourth-order valence-electron chi connectivity index (χ4n) is 3.96. The molecule has 0 amide bonds. The number of benzene rings is 2. The van der Waals surface area contributed by atoms with Crippen LogP contribution >= 0.6 is 0 Å². The minimum Gasteiger partial charge on any atom is -0.355 e. The van der Waals surface area contributed by atoms with Crippen molar-refractivity contribution in [1.82, 2.24) is 0 Å². The largest absolute Gasteiger partial charge is 0.355 e. The first-order valence-electron chi connectivity index (χ1n) is 8.76. The Morgan fingerprint density at radius 3 is 1.85 bits per heavy atom. The molecule has 0 saturated carbocycles. The molecule has 0 aromatic heterocycles. The Morgan fingerprint density at radius 2 is 1.35 bits per heavy atom. The minimum atomic E-state index is 0.0744. The lowest BCUT2D eigenvalue weighted by atomic mass is 9.92. The van der Waals surface area contributed by atoms with Crippen LogP contribution in [0.25, 0.3) is 9.69 Å². The average Bonchev–Trinajstić information content (AvgIpc) is 2.89. The summed E-state index contributed by atoms with van der Waals surface area (Å²) in [5, 5.41) is 0. The third kappa shape index (κ3) is 2.26. The van der Waals surface area contributed by atoms with Crippen molar-refractivity contribution in [3.8, 4) is 0 Å². The van der Waals surface area contributed by atoms with Crippen LogP contribution in [0.5, 0.6) is 0 Å². The van der Waals surface area contributed by atoms with Gasteiger partial charge in [-0.3, -0.25) is 0 Å². The first-order valence-corrected chi connectivity index (χ1v) is 8.76. The molecule has 0 saturated heterocycles. The Labute approximate surface area is 156 Å². The van der Waals surface area contributed by atoms with E-state index in [1.165, 1.54) is 33.5 Å². The molecule has 4 heteroatoms. The van der Waals surface area contributed by atoms with Crippen molar-refractivity contribution in [3.63, 3.8) is 0 Å². The van der Waals surface area contributed by atoms with Crippen LogP contribution < -0.4 is 9.80 Å². The third-order valence-electron chi connectivity index (χ3n) is 6.06. The highest BCUT2D eigenvalue weighted by molar-refractivity contribution is 5.96. The summed E-state index contributed by atoms with van der Waals surface area (Å²) in [4.78, 5) is 11.7. The highest BCUT2D eigenvalue weighted by Crippen LogP contribution is 2.52. The first-order chi connectivity index (χ1) is 12.2. The lowest BCUT2D eigenvalue weighted by molar-refractivity contribution is 0.730. The van der Waals surface area contributed by atoms with Gasteiger partial charge < -0.3 is 9.80 Å². The lowest BCUT2D eigenvalue weighted by Crippen LogP contribution is -2.36. The summed E-state index contributed by atoms with van der Waals surface area (Å²) in [7, 11) is 2.03. The molecule has 132 valence electrons. The van der Waals surface area contributed by atoms with Crippen LogP contribution in [-0.2, 0) is 0 Å². The number of hydrogen-bond donors (Lipinski definition) is 0. The van der Waals surface area contributed by atoms with Gasteiger partial charge in [-0.15, -0.1) is 0 Å². The van der Waals surface area contributed by atoms with Crippen molar-refractivity contribution in [3.05, 3.63) is 62.8 Å². The van der Waals surface area contributed by atoms with Gasteiger partial charge >= 0.3 is 0 Å². The maximum atomic E-state index is 7.67. The molecule has 2 aromatic carbocycles. The van der Waals surface area contributed by atoms with Crippen LogP contribution in [0, 0.1) is 47.8 Å². The monoisotopic (exact) mass is 344 g/mol. The molecule has 26 heavy (non-hydrogen) atoms. The van der Waals surface area contributed by atoms with E-state index < -0.39 is 0 Å². The van der Waals surface area contributed by atoms with Crippen molar-refractivity contribution in [1.29, 1.82) is 0 Å². The van der Waals surface area contributed by atoms with Gasteiger partial charge in [0.05, 0.1) is 18.8 Å². The molecule has 2 aromatic rings. The fourth-order valence-corrected chi connectivity index (χ4v) is 3.96. The zero-order valence-electron chi connectivity index (χ0n) is 16.5. The molecular formula is C22H24N4. The molecule has 3 rings (SSSR count). The van der Waals surface area contributed by atoms with Crippen molar-refractivity contribution >= 4 is 28.4 Å². The van der Waals surface area contributed by atoms with Gasteiger partial charge in [0.1, 0.15) is 6.17 Å². The fraction of sp³-hybridized carbons (Fsp3) is 0.364. The number of rotatable bonds is 1. The van der Waals surface area contributed by atoms with Gasteiger partial charge in [0.25, 0.3) is 0 Å². The smallest absolute Gasteiger partial charge is 0.202 e. The molecule has 4 nitrogen and oxygen atoms in total. The van der Waals surface area contributed by atoms with Crippen molar-refractivity contribution in [2.75, 3.05) is 16.8 Å². The predicted molar refractivity (Wildman–Crippen MR) is 109 cm³/mol. The number of anilines is 3. The molecule has 0 fully saturated rings. The molecule has 1 heterocycles. The van der Waals surface area contributed by atoms with Gasteiger partial charge in [-0.1, -0.05) is 0 Å². The summed E-state index contributed by atoms with van der Waals surface area (Å²) >= 11 is 0. The van der Waals surface area contributed by atoms with Crippen molar-refractivity contribution in [2.45, 2.75) is 47.7 Å². The third-order valence-corrected chi connectivity index (χ3v) is 6.06. The molecule has 0 aliphatic carbocycles. The highest BCUT2D eigenvalue weighted by atomic mass is 15.4. The van der Waals surface area contributed by atoms with Crippen LogP contribution in [0.15, 0.2) is 12.1 Å². The lowest BCUT2D eigenvalue weighted by Gasteiger charge is -2.33. The quantitative estimate of drug-likeness (QED) is 0.567. The van der Waals surface area contributed by atoms with Gasteiger partial charge in [0.2, 0.25) is 5.69 Å². The Hall–Kier alpha value is -2.98. The second-order valence-corrected chi connectivity index (χ2v) is 7.14. The SMILES string of the molecule is [C-]#[N+]c1cc([N+]#[C-])c2c(c1)N(C)[C@H](C)N2c1c(C)c(C)c(C)c(C)c1C. The molecule has 1 atom stereocenters. The van der Waals surface area contributed by atoms with E-state index in [9.17, 15) is 0 Å². The molecule has 0 spiro atoms.